The monoisotopic (exact) mass is 499 g/mol. The van der Waals surface area contributed by atoms with Crippen LogP contribution in [0.25, 0.3) is 16.5 Å². The minimum atomic E-state index is -2.38. The predicted octanol–water partition coefficient (Wildman–Crippen LogP) is -1.37. The maximum absolute atomic E-state index is 12.8. The van der Waals surface area contributed by atoms with E-state index in [1.165, 1.54) is 32.5 Å². The van der Waals surface area contributed by atoms with Gasteiger partial charge in [-0.2, -0.15) is 0 Å². The number of carboxylic acids is 2. The summed E-state index contributed by atoms with van der Waals surface area (Å²) in [6.45, 7) is 9.83. The fraction of sp³-hybridized carbons (Fsp3) is 0.423. The predicted molar refractivity (Wildman–Crippen MR) is 131 cm³/mol. The van der Waals surface area contributed by atoms with Gasteiger partial charge in [-0.05, 0) is 36.6 Å². The smallest absolute Gasteiger partial charge is 0.335 e. The lowest BCUT2D eigenvalue weighted by atomic mass is 9.79. The van der Waals surface area contributed by atoms with Crippen molar-refractivity contribution in [2.75, 3.05) is 13.1 Å². The van der Waals surface area contributed by atoms with Gasteiger partial charge in [-0.1, -0.05) is 31.7 Å². The molecule has 1 amide bonds. The Morgan fingerprint density at radius 2 is 2.03 bits per heavy atom. The van der Waals surface area contributed by atoms with Crippen LogP contribution in [0.1, 0.15) is 31.4 Å². The molecule has 0 spiro atoms. The number of aliphatic carboxylic acids is 2. The Bertz CT molecular complexity index is 1150. The molecule has 2 aliphatic rings. The number of hydrogen-bond donors (Lipinski definition) is 6. The SMILES string of the molecule is C=CC[NH+]1C[C@H](C(=O)N[C@H](C)CC)C=C2c3cccc4[nH]cc(c34)C[C@H]21.O=C([O-])[C@@H](O)[C@H](O)C(=O)O. The van der Waals surface area contributed by atoms with Gasteiger partial charge in [-0.3, -0.25) is 4.79 Å². The number of quaternary nitrogens is 1. The highest BCUT2D eigenvalue weighted by Crippen LogP contribution is 2.37. The Kier molecular flexibility index (Phi) is 8.67. The van der Waals surface area contributed by atoms with Crippen LogP contribution in [-0.2, 0) is 20.8 Å². The number of aromatic amines is 1. The van der Waals surface area contributed by atoms with Crippen LogP contribution >= 0.6 is 0 Å². The second kappa shape index (κ2) is 11.5. The highest BCUT2D eigenvalue weighted by atomic mass is 16.4. The van der Waals surface area contributed by atoms with Gasteiger partial charge >= 0.3 is 5.97 Å². The summed E-state index contributed by atoms with van der Waals surface area (Å²) < 4.78 is 0. The van der Waals surface area contributed by atoms with Gasteiger partial charge in [0.1, 0.15) is 18.1 Å². The van der Waals surface area contributed by atoms with E-state index in [1.54, 1.807) is 0 Å². The van der Waals surface area contributed by atoms with E-state index in [-0.39, 0.29) is 17.9 Å². The molecule has 1 aromatic carbocycles. The van der Waals surface area contributed by atoms with Crippen molar-refractivity contribution in [1.29, 1.82) is 0 Å². The summed E-state index contributed by atoms with van der Waals surface area (Å²) in [5, 5.41) is 38.6. The molecule has 6 atom stereocenters. The van der Waals surface area contributed by atoms with Crippen molar-refractivity contribution in [2.24, 2.45) is 5.92 Å². The molecule has 0 saturated carbocycles. The third-order valence-corrected chi connectivity index (χ3v) is 6.79. The van der Waals surface area contributed by atoms with Crippen LogP contribution < -0.4 is 15.3 Å². The Morgan fingerprint density at radius 1 is 1.31 bits per heavy atom. The fourth-order valence-corrected chi connectivity index (χ4v) is 4.74. The molecule has 0 bridgehead atoms. The number of fused-ring (bicyclic) bond motifs is 2. The standard InChI is InChI=1S/C22H27N3O.C4H6O6/c1-4-9-25-13-16(22(26)24-14(3)5-2)10-18-17-7-6-8-19-21(17)15(12-23-19)11-20(18)25;5-1(3(7)8)2(6)4(9)10/h4,6-8,10,12,14,16,20,23H,1,5,9,11,13H2,2-3H3,(H,24,26);1-2,5-6H,(H,7,8)(H,9,10)/t14-,16-,20-;1-,2-/m10/s1. The zero-order chi connectivity index (χ0) is 26.6. The first kappa shape index (κ1) is 27.1. The van der Waals surface area contributed by atoms with E-state index in [9.17, 15) is 19.5 Å². The quantitative estimate of drug-likeness (QED) is 0.244. The lowest BCUT2D eigenvalue weighted by molar-refractivity contribution is -0.914. The number of H-pyrrole nitrogens is 1. The van der Waals surface area contributed by atoms with E-state index in [1.807, 2.05) is 6.08 Å². The average Bonchev–Trinajstić information content (AvgIpc) is 3.27. The van der Waals surface area contributed by atoms with Gasteiger partial charge in [0, 0.05) is 35.1 Å². The van der Waals surface area contributed by atoms with Crippen LogP contribution in [0.2, 0.25) is 0 Å². The number of rotatable bonds is 8. The van der Waals surface area contributed by atoms with Crippen LogP contribution in [0.4, 0.5) is 0 Å². The average molecular weight is 500 g/mol. The van der Waals surface area contributed by atoms with E-state index in [4.69, 9.17) is 15.3 Å². The lowest BCUT2D eigenvalue weighted by Crippen LogP contribution is -3.17. The van der Waals surface area contributed by atoms with Gasteiger partial charge in [0.05, 0.1) is 19.1 Å². The molecule has 1 aliphatic carbocycles. The molecule has 0 radical (unpaired) electrons. The number of aliphatic hydroxyl groups is 2. The Balaban J connectivity index is 0.000000308. The maximum atomic E-state index is 12.8. The van der Waals surface area contributed by atoms with Crippen molar-refractivity contribution in [2.45, 2.75) is 51.0 Å². The number of aliphatic hydroxyl groups excluding tert-OH is 2. The van der Waals surface area contributed by atoms with E-state index in [0.29, 0.717) is 6.04 Å². The molecule has 0 saturated heterocycles. The van der Waals surface area contributed by atoms with Gasteiger partial charge < -0.3 is 40.4 Å². The first-order chi connectivity index (χ1) is 17.1. The zero-order valence-electron chi connectivity index (χ0n) is 20.4. The highest BCUT2D eigenvalue weighted by Gasteiger charge is 2.40. The number of amides is 1. The molecule has 4 rings (SSSR count). The van der Waals surface area contributed by atoms with Crippen LogP contribution in [0.5, 0.6) is 0 Å². The van der Waals surface area contributed by atoms with E-state index < -0.39 is 24.1 Å². The third-order valence-electron chi connectivity index (χ3n) is 6.79. The molecule has 2 aromatic rings. The second-order valence-corrected chi connectivity index (χ2v) is 9.25. The van der Waals surface area contributed by atoms with Crippen LogP contribution in [0, 0.1) is 5.92 Å². The van der Waals surface area contributed by atoms with Crippen molar-refractivity contribution in [3.8, 4) is 0 Å². The van der Waals surface area contributed by atoms with Crippen molar-refractivity contribution in [1.82, 2.24) is 10.3 Å². The van der Waals surface area contributed by atoms with Gasteiger partial charge in [0.25, 0.3) is 0 Å². The van der Waals surface area contributed by atoms with Crippen LogP contribution in [-0.4, -0.2) is 75.5 Å². The third kappa shape index (κ3) is 5.67. The normalized spacial score (nSPS) is 22.7. The van der Waals surface area contributed by atoms with Gasteiger partial charge in [0.2, 0.25) is 5.91 Å². The number of carbonyl (C=O) groups excluding carboxylic acids is 2. The molecule has 10 nitrogen and oxygen atoms in total. The molecular formula is C26H33N3O7. The minimum Gasteiger partial charge on any atom is -0.547 e. The van der Waals surface area contributed by atoms with E-state index in [0.717, 1.165) is 25.9 Å². The summed E-state index contributed by atoms with van der Waals surface area (Å²) >= 11 is 0. The Labute approximate surface area is 208 Å². The van der Waals surface area contributed by atoms with Gasteiger partial charge in [0.15, 0.2) is 6.10 Å². The van der Waals surface area contributed by atoms with E-state index >= 15 is 0 Å². The van der Waals surface area contributed by atoms with Crippen molar-refractivity contribution >= 4 is 34.3 Å². The first-order valence-electron chi connectivity index (χ1n) is 12.0. The molecule has 10 heteroatoms. The first-order valence-corrected chi connectivity index (χ1v) is 12.0. The number of hydrogen-bond acceptors (Lipinski definition) is 6. The van der Waals surface area contributed by atoms with Gasteiger partial charge in [-0.15, -0.1) is 0 Å². The fourth-order valence-electron chi connectivity index (χ4n) is 4.74. The zero-order valence-corrected chi connectivity index (χ0v) is 20.4. The molecule has 1 aliphatic heterocycles. The summed E-state index contributed by atoms with van der Waals surface area (Å²) in [5.74, 6) is -3.76. The molecule has 0 fully saturated rings. The van der Waals surface area contributed by atoms with Crippen molar-refractivity contribution in [3.05, 3.63) is 54.3 Å². The number of carboxylic acid groups (broad SMARTS) is 2. The molecule has 2 heterocycles. The largest absolute Gasteiger partial charge is 0.547 e. The summed E-state index contributed by atoms with van der Waals surface area (Å²) in [5.41, 5.74) is 5.20. The highest BCUT2D eigenvalue weighted by molar-refractivity contribution is 5.99. The minimum absolute atomic E-state index is 0.0825. The molecule has 6 N–H and O–H groups in total. The summed E-state index contributed by atoms with van der Waals surface area (Å²) in [6.07, 6.45) is 3.63. The molecule has 194 valence electrons. The van der Waals surface area contributed by atoms with Gasteiger partial charge in [-0.25, -0.2) is 4.79 Å². The summed E-state index contributed by atoms with van der Waals surface area (Å²) in [7, 11) is 0. The number of carbonyl (C=O) groups is 3. The summed E-state index contributed by atoms with van der Waals surface area (Å²) in [6, 6.07) is 7.06. The Morgan fingerprint density at radius 3 is 2.61 bits per heavy atom. The second-order valence-electron chi connectivity index (χ2n) is 9.25. The summed E-state index contributed by atoms with van der Waals surface area (Å²) in [4.78, 5) is 37.1. The topological polar surface area (TPSA) is 167 Å². The molecule has 36 heavy (non-hydrogen) atoms. The van der Waals surface area contributed by atoms with Crippen LogP contribution in [0.15, 0.2) is 43.1 Å². The van der Waals surface area contributed by atoms with E-state index in [2.05, 4.69) is 61.2 Å². The van der Waals surface area contributed by atoms with Crippen molar-refractivity contribution < 1.29 is 39.7 Å². The molecule has 1 unspecified atom stereocenters. The van der Waals surface area contributed by atoms with Crippen LogP contribution in [0.3, 0.4) is 0 Å². The van der Waals surface area contributed by atoms with Crippen molar-refractivity contribution in [3.63, 3.8) is 0 Å². The lowest BCUT2D eigenvalue weighted by Gasteiger charge is -2.38. The molecule has 1 aromatic heterocycles. The Hall–Kier alpha value is -3.47. The number of aromatic nitrogens is 1. The molecular weight excluding hydrogens is 466 g/mol. The number of benzene rings is 1. The maximum Gasteiger partial charge on any atom is 0.335 e. The number of nitrogens with one attached hydrogen (secondary N) is 3.